The van der Waals surface area contributed by atoms with E-state index in [9.17, 15) is 4.79 Å². The van der Waals surface area contributed by atoms with Crippen LogP contribution in [0.15, 0.2) is 4.99 Å². The van der Waals surface area contributed by atoms with E-state index in [1.165, 1.54) is 0 Å². The molecule has 0 fully saturated rings. The number of hydrogen-bond acceptors (Lipinski definition) is 3. The second-order valence-electron chi connectivity index (χ2n) is 2.69. The van der Waals surface area contributed by atoms with Crippen molar-refractivity contribution in [1.29, 1.82) is 0 Å². The average molecular weight is 222 g/mol. The van der Waals surface area contributed by atoms with Gasteiger partial charge in [0.25, 0.3) is 0 Å². The second kappa shape index (κ2) is 8.57. The molecule has 0 bridgehead atoms. The summed E-state index contributed by atoms with van der Waals surface area (Å²) in [6.45, 7) is 2.75. The Kier molecular flexibility index (Phi) is 8.56. The molecule has 2 nitrogen and oxygen atoms in total. The predicted octanol–water partition coefficient (Wildman–Crippen LogP) is 2.75. The minimum atomic E-state index is -0.0351. The smallest absolute Gasteiger partial charge is 0.193 e. The molecule has 13 heavy (non-hydrogen) atoms. The minimum Gasteiger partial charge on any atom is -0.291 e. The number of nitrogens with zero attached hydrogens (tertiary/aromatic N) is 1. The zero-order valence-electron chi connectivity index (χ0n) is 8.18. The Morgan fingerprint density at radius 3 is 2.77 bits per heavy atom. The SMILES string of the molecule is CCCCN=C(Cl)C(=O)CCSC. The number of carbonyl (C=O) groups excluding carboxylic acids is 1. The standard InChI is InChI=1S/C9H16ClNOS/c1-3-4-6-11-9(10)8(12)5-7-13-2/h3-7H2,1-2H3. The van der Waals surface area contributed by atoms with Gasteiger partial charge in [0.2, 0.25) is 0 Å². The van der Waals surface area contributed by atoms with E-state index < -0.39 is 0 Å². The number of ketones is 1. The molecule has 0 aliphatic carbocycles. The van der Waals surface area contributed by atoms with Crippen LogP contribution in [-0.2, 0) is 4.79 Å². The molecule has 0 heterocycles. The van der Waals surface area contributed by atoms with E-state index in [0.29, 0.717) is 13.0 Å². The maximum absolute atomic E-state index is 11.2. The van der Waals surface area contributed by atoms with Crippen molar-refractivity contribution in [3.05, 3.63) is 0 Å². The van der Waals surface area contributed by atoms with Crippen molar-refractivity contribution < 1.29 is 4.79 Å². The van der Waals surface area contributed by atoms with E-state index in [0.717, 1.165) is 18.6 Å². The molecule has 0 saturated heterocycles. The molecule has 0 atom stereocenters. The fraction of sp³-hybridized carbons (Fsp3) is 0.778. The van der Waals surface area contributed by atoms with Crippen molar-refractivity contribution in [3.8, 4) is 0 Å². The normalized spacial score (nSPS) is 11.8. The monoisotopic (exact) mass is 221 g/mol. The van der Waals surface area contributed by atoms with Crippen LogP contribution in [0.4, 0.5) is 0 Å². The topological polar surface area (TPSA) is 29.4 Å². The molecule has 0 aliphatic rings. The highest BCUT2D eigenvalue weighted by Gasteiger charge is 2.06. The van der Waals surface area contributed by atoms with Gasteiger partial charge >= 0.3 is 0 Å². The molecule has 0 rings (SSSR count). The van der Waals surface area contributed by atoms with Crippen LogP contribution in [0.5, 0.6) is 0 Å². The Hall–Kier alpha value is -0.0200. The molecular weight excluding hydrogens is 206 g/mol. The number of carbonyl (C=O) groups is 1. The Morgan fingerprint density at radius 1 is 1.54 bits per heavy atom. The van der Waals surface area contributed by atoms with E-state index in [4.69, 9.17) is 11.6 Å². The number of unbranched alkanes of at least 4 members (excludes halogenated alkanes) is 1. The minimum absolute atomic E-state index is 0.0351. The molecule has 0 aromatic rings. The van der Waals surface area contributed by atoms with Crippen LogP contribution in [-0.4, -0.2) is 29.5 Å². The summed E-state index contributed by atoms with van der Waals surface area (Å²) in [7, 11) is 0. The molecule has 0 aliphatic heterocycles. The largest absolute Gasteiger partial charge is 0.291 e. The molecule has 0 aromatic heterocycles. The van der Waals surface area contributed by atoms with Gasteiger partial charge in [0.15, 0.2) is 11.0 Å². The summed E-state index contributed by atoms with van der Waals surface area (Å²) < 4.78 is 0. The molecule has 0 spiro atoms. The Bertz CT molecular complexity index is 182. The van der Waals surface area contributed by atoms with Crippen LogP contribution in [0, 0.1) is 0 Å². The summed E-state index contributed by atoms with van der Waals surface area (Å²) in [6.07, 6.45) is 4.53. The molecule has 0 unspecified atom stereocenters. The van der Waals surface area contributed by atoms with Gasteiger partial charge in [0.05, 0.1) is 0 Å². The molecule has 76 valence electrons. The highest BCUT2D eigenvalue weighted by atomic mass is 35.5. The predicted molar refractivity (Wildman–Crippen MR) is 61.1 cm³/mol. The summed E-state index contributed by atoms with van der Waals surface area (Å²) in [5.41, 5.74) is 0. The number of hydrogen-bond donors (Lipinski definition) is 0. The van der Waals surface area contributed by atoms with Crippen LogP contribution in [0.2, 0.25) is 0 Å². The van der Waals surface area contributed by atoms with Gasteiger partial charge in [-0.3, -0.25) is 9.79 Å². The number of halogens is 1. The fourth-order valence-electron chi connectivity index (χ4n) is 0.721. The maximum Gasteiger partial charge on any atom is 0.193 e. The van der Waals surface area contributed by atoms with Crippen molar-refractivity contribution in [3.63, 3.8) is 0 Å². The van der Waals surface area contributed by atoms with E-state index in [-0.39, 0.29) is 11.0 Å². The summed E-state index contributed by atoms with van der Waals surface area (Å²) in [4.78, 5) is 15.2. The van der Waals surface area contributed by atoms with Crippen molar-refractivity contribution in [2.24, 2.45) is 4.99 Å². The maximum atomic E-state index is 11.2. The summed E-state index contributed by atoms with van der Waals surface area (Å²) in [5, 5.41) is 0.169. The Morgan fingerprint density at radius 2 is 2.23 bits per heavy atom. The Labute approximate surface area is 89.1 Å². The van der Waals surface area contributed by atoms with Crippen molar-refractivity contribution in [1.82, 2.24) is 0 Å². The van der Waals surface area contributed by atoms with Gasteiger partial charge < -0.3 is 0 Å². The van der Waals surface area contributed by atoms with E-state index in [2.05, 4.69) is 11.9 Å². The van der Waals surface area contributed by atoms with Crippen molar-refractivity contribution >= 4 is 34.3 Å². The van der Waals surface area contributed by atoms with E-state index in [1.54, 1.807) is 11.8 Å². The van der Waals surface area contributed by atoms with Crippen LogP contribution in [0.3, 0.4) is 0 Å². The van der Waals surface area contributed by atoms with Crippen LogP contribution in [0.25, 0.3) is 0 Å². The molecule has 0 amide bonds. The molecule has 0 aromatic carbocycles. The van der Waals surface area contributed by atoms with Crippen LogP contribution >= 0.6 is 23.4 Å². The first-order valence-corrected chi connectivity index (χ1v) is 6.21. The quantitative estimate of drug-likeness (QED) is 0.489. The van der Waals surface area contributed by atoms with Gasteiger partial charge in [-0.25, -0.2) is 0 Å². The van der Waals surface area contributed by atoms with Gasteiger partial charge in [0.1, 0.15) is 0 Å². The first-order valence-electron chi connectivity index (χ1n) is 4.44. The number of aliphatic imine (C=N–C) groups is 1. The summed E-state index contributed by atoms with van der Waals surface area (Å²) in [6, 6.07) is 0. The molecular formula is C9H16ClNOS. The third-order valence-electron chi connectivity index (χ3n) is 1.53. The van der Waals surface area contributed by atoms with Gasteiger partial charge in [-0.1, -0.05) is 24.9 Å². The lowest BCUT2D eigenvalue weighted by Gasteiger charge is -1.96. The second-order valence-corrected chi connectivity index (χ2v) is 4.04. The Balaban J connectivity index is 3.72. The third-order valence-corrected chi connectivity index (χ3v) is 2.47. The highest BCUT2D eigenvalue weighted by Crippen LogP contribution is 2.01. The van der Waals surface area contributed by atoms with Gasteiger partial charge in [-0.15, -0.1) is 0 Å². The number of rotatable bonds is 7. The van der Waals surface area contributed by atoms with Crippen molar-refractivity contribution in [2.45, 2.75) is 26.2 Å². The average Bonchev–Trinajstić information content (AvgIpc) is 2.14. The molecule has 4 heteroatoms. The zero-order chi connectivity index (χ0) is 10.1. The highest BCUT2D eigenvalue weighted by molar-refractivity contribution is 7.98. The molecule has 0 radical (unpaired) electrons. The lowest BCUT2D eigenvalue weighted by Crippen LogP contribution is -2.09. The molecule has 0 saturated carbocycles. The van der Waals surface area contributed by atoms with Gasteiger partial charge in [-0.2, -0.15) is 11.8 Å². The number of Topliss-reactive ketones (excluding diaryl/α,β-unsaturated/α-hetero) is 1. The summed E-state index contributed by atoms with van der Waals surface area (Å²) >= 11 is 7.34. The fourth-order valence-corrected chi connectivity index (χ4v) is 1.29. The summed E-state index contributed by atoms with van der Waals surface area (Å²) in [5.74, 6) is 0.783. The van der Waals surface area contributed by atoms with Gasteiger partial charge in [0, 0.05) is 18.7 Å². The first-order chi connectivity index (χ1) is 6.22. The zero-order valence-corrected chi connectivity index (χ0v) is 9.75. The number of thioether (sulfide) groups is 1. The lowest BCUT2D eigenvalue weighted by atomic mass is 10.3. The van der Waals surface area contributed by atoms with Crippen LogP contribution in [0.1, 0.15) is 26.2 Å². The van der Waals surface area contributed by atoms with Gasteiger partial charge in [-0.05, 0) is 12.7 Å². The lowest BCUT2D eigenvalue weighted by molar-refractivity contribution is -0.112. The first kappa shape index (κ1) is 13.0. The van der Waals surface area contributed by atoms with E-state index >= 15 is 0 Å². The third kappa shape index (κ3) is 7.08. The van der Waals surface area contributed by atoms with Crippen LogP contribution < -0.4 is 0 Å². The molecule has 0 N–H and O–H groups in total. The van der Waals surface area contributed by atoms with Crippen molar-refractivity contribution in [2.75, 3.05) is 18.6 Å². The van der Waals surface area contributed by atoms with E-state index in [1.807, 2.05) is 6.26 Å².